The number of thioether (sulfide) groups is 1. The van der Waals surface area contributed by atoms with Crippen LogP contribution in [-0.2, 0) is 14.8 Å². The second kappa shape index (κ2) is 14.9. The maximum absolute atomic E-state index is 13.2. The fraction of sp³-hybridized carbons (Fsp3) is 0.379. The number of halogens is 1. The lowest BCUT2D eigenvalue weighted by Crippen LogP contribution is -2.29. The summed E-state index contributed by atoms with van der Waals surface area (Å²) >= 11 is 0.945. The molecule has 0 atom stereocenters. The van der Waals surface area contributed by atoms with E-state index in [1.54, 1.807) is 25.3 Å². The molecule has 0 bridgehead atoms. The van der Waals surface area contributed by atoms with Crippen molar-refractivity contribution in [1.29, 1.82) is 0 Å². The fourth-order valence-corrected chi connectivity index (χ4v) is 6.10. The first-order chi connectivity index (χ1) is 18.8. The Morgan fingerprint density at radius 2 is 1.72 bits per heavy atom. The second-order valence-corrected chi connectivity index (χ2v) is 11.6. The minimum absolute atomic E-state index is 0.00270. The summed E-state index contributed by atoms with van der Waals surface area (Å²) in [6, 6.07) is 9.73. The van der Waals surface area contributed by atoms with E-state index in [9.17, 15) is 17.6 Å². The topological polar surface area (TPSA) is 85.3 Å². The Bertz CT molecular complexity index is 1310. The van der Waals surface area contributed by atoms with E-state index >= 15 is 0 Å². The third-order valence-corrected chi connectivity index (χ3v) is 8.40. The first-order valence-electron chi connectivity index (χ1n) is 13.0. The van der Waals surface area contributed by atoms with Gasteiger partial charge in [0.25, 0.3) is 15.9 Å². The second-order valence-electron chi connectivity index (χ2n) is 9.00. The zero-order valence-electron chi connectivity index (χ0n) is 22.4. The maximum Gasteiger partial charge on any atom is 0.284 e. The third-order valence-electron chi connectivity index (χ3n) is 6.00. The van der Waals surface area contributed by atoms with Gasteiger partial charge in [0.05, 0.1) is 23.5 Å². The molecule has 0 radical (unpaired) electrons. The number of hydrogen-bond donors (Lipinski definition) is 0. The number of ether oxygens (including phenoxy) is 2. The minimum atomic E-state index is -4.16. The number of amidine groups is 1. The highest BCUT2D eigenvalue weighted by Crippen LogP contribution is 2.35. The summed E-state index contributed by atoms with van der Waals surface area (Å²) in [5.41, 5.74) is 0.687. The first-order valence-corrected chi connectivity index (χ1v) is 15.3. The molecule has 0 unspecified atom stereocenters. The lowest BCUT2D eigenvalue weighted by molar-refractivity contribution is -0.121. The molecule has 0 aliphatic carbocycles. The number of hydrogen-bond acceptors (Lipinski definition) is 6. The van der Waals surface area contributed by atoms with Gasteiger partial charge >= 0.3 is 0 Å². The van der Waals surface area contributed by atoms with Crippen molar-refractivity contribution < 1.29 is 27.1 Å². The quantitative estimate of drug-likeness (QED) is 0.132. The molecular weight excluding hydrogens is 539 g/mol. The SMILES string of the molecule is C=CCN1C(=O)C(=Cc2ccc(OCCCCCCCCC)c(OC)c2)SC1=NS(=O)(=O)c1ccc(F)cc1. The van der Waals surface area contributed by atoms with Crippen molar-refractivity contribution in [3.8, 4) is 11.5 Å². The van der Waals surface area contributed by atoms with E-state index in [-0.39, 0.29) is 16.6 Å². The van der Waals surface area contributed by atoms with E-state index in [0.717, 1.165) is 48.9 Å². The molecule has 1 aliphatic heterocycles. The van der Waals surface area contributed by atoms with Crippen LogP contribution in [0.1, 0.15) is 57.4 Å². The Labute approximate surface area is 234 Å². The summed E-state index contributed by atoms with van der Waals surface area (Å²) in [7, 11) is -2.60. The molecule has 0 spiro atoms. The molecule has 10 heteroatoms. The van der Waals surface area contributed by atoms with Crippen molar-refractivity contribution >= 4 is 38.9 Å². The van der Waals surface area contributed by atoms with Gasteiger partial charge in [0.2, 0.25) is 0 Å². The molecule has 210 valence electrons. The van der Waals surface area contributed by atoms with Gasteiger partial charge in [-0.05, 0) is 66.2 Å². The number of amides is 1. The van der Waals surface area contributed by atoms with Gasteiger partial charge in [0.1, 0.15) is 5.82 Å². The summed E-state index contributed by atoms with van der Waals surface area (Å²) in [6.45, 7) is 6.54. The van der Waals surface area contributed by atoms with Crippen LogP contribution >= 0.6 is 11.8 Å². The van der Waals surface area contributed by atoms with Crippen molar-refractivity contribution in [2.45, 2.75) is 56.8 Å². The van der Waals surface area contributed by atoms with Gasteiger partial charge in [-0.25, -0.2) is 4.39 Å². The Morgan fingerprint density at radius 1 is 1.03 bits per heavy atom. The minimum Gasteiger partial charge on any atom is -0.493 e. The molecule has 0 N–H and O–H groups in total. The highest BCUT2D eigenvalue weighted by molar-refractivity contribution is 8.19. The van der Waals surface area contributed by atoms with E-state index < -0.39 is 21.7 Å². The normalized spacial score (nSPS) is 15.8. The number of sulfonamides is 1. The molecule has 1 fully saturated rings. The van der Waals surface area contributed by atoms with Gasteiger partial charge in [-0.15, -0.1) is 11.0 Å². The highest BCUT2D eigenvalue weighted by Gasteiger charge is 2.34. The largest absolute Gasteiger partial charge is 0.493 e. The van der Waals surface area contributed by atoms with Crippen LogP contribution in [0.2, 0.25) is 0 Å². The molecule has 1 saturated heterocycles. The Morgan fingerprint density at radius 3 is 2.38 bits per heavy atom. The maximum atomic E-state index is 13.2. The number of rotatable bonds is 15. The third kappa shape index (κ3) is 8.69. The van der Waals surface area contributed by atoms with Gasteiger partial charge in [-0.1, -0.05) is 57.6 Å². The predicted octanol–water partition coefficient (Wildman–Crippen LogP) is 6.81. The molecule has 1 amide bonds. The summed E-state index contributed by atoms with van der Waals surface area (Å²) < 4.78 is 54.1. The van der Waals surface area contributed by atoms with Crippen molar-refractivity contribution in [2.24, 2.45) is 4.40 Å². The number of benzene rings is 2. The lowest BCUT2D eigenvalue weighted by atomic mass is 10.1. The van der Waals surface area contributed by atoms with Crippen LogP contribution in [0.3, 0.4) is 0 Å². The molecule has 0 saturated carbocycles. The van der Waals surface area contributed by atoms with Crippen molar-refractivity contribution in [1.82, 2.24) is 4.90 Å². The van der Waals surface area contributed by atoms with Crippen LogP contribution in [0, 0.1) is 5.82 Å². The van der Waals surface area contributed by atoms with E-state index in [1.165, 1.54) is 43.1 Å². The van der Waals surface area contributed by atoms with Crippen LogP contribution in [0.4, 0.5) is 4.39 Å². The Kier molecular flexibility index (Phi) is 11.6. The average Bonchev–Trinajstić information content (AvgIpc) is 3.19. The van der Waals surface area contributed by atoms with Gasteiger partial charge in [0, 0.05) is 6.54 Å². The summed E-state index contributed by atoms with van der Waals surface area (Å²) in [4.78, 5) is 14.5. The molecule has 39 heavy (non-hydrogen) atoms. The standard InChI is InChI=1S/C29H35FN2O5S2/c1-4-6-7-8-9-10-11-19-37-25-17-12-22(20-26(25)36-3)21-27-28(33)32(18-5-2)29(38-27)31-39(34,35)24-15-13-23(30)14-16-24/h5,12-17,20-21H,2,4,6-11,18-19H2,1,3H3. The predicted molar refractivity (Wildman–Crippen MR) is 155 cm³/mol. The summed E-state index contributed by atoms with van der Waals surface area (Å²) in [5, 5.41) is -0.00270. The zero-order valence-corrected chi connectivity index (χ0v) is 24.0. The van der Waals surface area contributed by atoms with Gasteiger partial charge < -0.3 is 9.47 Å². The zero-order chi connectivity index (χ0) is 28.3. The van der Waals surface area contributed by atoms with Crippen molar-refractivity contribution in [3.05, 3.63) is 71.4 Å². The number of unbranched alkanes of at least 4 members (excludes halogenated alkanes) is 6. The number of nitrogens with zero attached hydrogens (tertiary/aromatic N) is 2. The molecule has 7 nitrogen and oxygen atoms in total. The van der Waals surface area contributed by atoms with Crippen LogP contribution in [-0.4, -0.2) is 44.7 Å². The molecule has 2 aromatic carbocycles. The van der Waals surface area contributed by atoms with Crippen LogP contribution in [0.5, 0.6) is 11.5 Å². The van der Waals surface area contributed by atoms with Crippen molar-refractivity contribution in [2.75, 3.05) is 20.3 Å². The Hall–Kier alpha value is -3.11. The van der Waals surface area contributed by atoms with Gasteiger partial charge in [-0.2, -0.15) is 8.42 Å². The van der Waals surface area contributed by atoms with Gasteiger partial charge in [-0.3, -0.25) is 9.69 Å². The summed E-state index contributed by atoms with van der Waals surface area (Å²) in [5.74, 6) is 0.205. The smallest absolute Gasteiger partial charge is 0.284 e. The number of carbonyl (C=O) groups excluding carboxylic acids is 1. The number of carbonyl (C=O) groups is 1. The van der Waals surface area contributed by atoms with E-state index in [0.29, 0.717) is 28.6 Å². The highest BCUT2D eigenvalue weighted by atomic mass is 32.2. The molecule has 2 aromatic rings. The molecular formula is C29H35FN2O5S2. The average molecular weight is 575 g/mol. The first kappa shape index (κ1) is 30.4. The van der Waals surface area contributed by atoms with Crippen LogP contribution in [0.15, 0.2) is 69.3 Å². The van der Waals surface area contributed by atoms with E-state index in [2.05, 4.69) is 17.9 Å². The fourth-order valence-electron chi connectivity index (χ4n) is 3.91. The summed E-state index contributed by atoms with van der Waals surface area (Å²) in [6.07, 6.45) is 11.5. The Balaban J connectivity index is 1.72. The lowest BCUT2D eigenvalue weighted by Gasteiger charge is -2.12. The molecule has 0 aromatic heterocycles. The van der Waals surface area contributed by atoms with Crippen LogP contribution < -0.4 is 9.47 Å². The molecule has 3 rings (SSSR count). The van der Waals surface area contributed by atoms with Crippen LogP contribution in [0.25, 0.3) is 6.08 Å². The molecule has 1 aliphatic rings. The molecule has 1 heterocycles. The van der Waals surface area contributed by atoms with Crippen molar-refractivity contribution in [3.63, 3.8) is 0 Å². The monoisotopic (exact) mass is 574 g/mol. The van der Waals surface area contributed by atoms with E-state index in [4.69, 9.17) is 9.47 Å². The number of methoxy groups -OCH3 is 1. The van der Waals surface area contributed by atoms with Gasteiger partial charge in [0.15, 0.2) is 16.7 Å². The van der Waals surface area contributed by atoms with E-state index in [1.807, 2.05) is 6.07 Å².